The Bertz CT molecular complexity index is 644. The Balaban J connectivity index is 2.09. The molecule has 1 aromatic rings. The Kier molecular flexibility index (Phi) is 5.06. The summed E-state index contributed by atoms with van der Waals surface area (Å²) in [5.41, 5.74) is 0.0733. The number of morpholine rings is 1. The summed E-state index contributed by atoms with van der Waals surface area (Å²) in [6.07, 6.45) is 1.48. The van der Waals surface area contributed by atoms with Crippen molar-refractivity contribution < 1.29 is 14.5 Å². The summed E-state index contributed by atoms with van der Waals surface area (Å²) >= 11 is 0. The average Bonchev–Trinajstić information content (AvgIpc) is 2.53. The molecular weight excluding hydrogens is 288 g/mol. The van der Waals surface area contributed by atoms with Crippen LogP contribution in [0, 0.1) is 21.4 Å². The first kappa shape index (κ1) is 15.5. The van der Waals surface area contributed by atoms with Crippen LogP contribution in [-0.4, -0.2) is 42.0 Å². The Labute approximate surface area is 126 Å². The maximum absolute atomic E-state index is 12.1. The number of nitro groups is 1. The van der Waals surface area contributed by atoms with E-state index in [0.29, 0.717) is 26.3 Å². The van der Waals surface area contributed by atoms with Crippen molar-refractivity contribution in [3.05, 3.63) is 46.2 Å². The summed E-state index contributed by atoms with van der Waals surface area (Å²) in [7, 11) is 0. The Hall–Kier alpha value is -2.92. The zero-order chi connectivity index (χ0) is 15.9. The number of nitrogens with zero attached hydrogens (tertiary/aromatic N) is 3. The molecule has 1 saturated heterocycles. The zero-order valence-corrected chi connectivity index (χ0v) is 11.7. The van der Waals surface area contributed by atoms with Gasteiger partial charge in [0, 0.05) is 37.1 Å². The van der Waals surface area contributed by atoms with Gasteiger partial charge in [0.1, 0.15) is 11.6 Å². The second-order valence-electron chi connectivity index (χ2n) is 4.56. The number of rotatable bonds is 4. The van der Waals surface area contributed by atoms with Gasteiger partial charge >= 0.3 is 0 Å². The summed E-state index contributed by atoms with van der Waals surface area (Å²) in [6, 6.07) is 7.39. The minimum atomic E-state index is -0.602. The number of ether oxygens (including phenoxy) is 1. The average molecular weight is 302 g/mol. The van der Waals surface area contributed by atoms with Gasteiger partial charge in [0.15, 0.2) is 0 Å². The molecule has 1 heterocycles. The summed E-state index contributed by atoms with van der Waals surface area (Å²) in [6.45, 7) is 2.30. The molecule has 1 amide bonds. The Morgan fingerprint density at radius 3 is 2.82 bits per heavy atom. The first-order valence-electron chi connectivity index (χ1n) is 6.59. The highest BCUT2D eigenvalue weighted by atomic mass is 16.6. The van der Waals surface area contributed by atoms with Crippen molar-refractivity contribution in [3.8, 4) is 6.07 Å². The standard InChI is InChI=1S/C14H14N4O4/c15-9-11(10-17-4-6-22-7-5-17)14(19)16-12-2-1-3-13(8-12)18(20)21/h1-3,8,10H,4-7H2,(H,16,19)/b11-10-. The molecule has 0 radical (unpaired) electrons. The molecule has 114 valence electrons. The van der Waals surface area contributed by atoms with Gasteiger partial charge in [-0.2, -0.15) is 5.26 Å². The maximum atomic E-state index is 12.1. The lowest BCUT2D eigenvalue weighted by atomic mass is 10.2. The van der Waals surface area contributed by atoms with Gasteiger partial charge in [-0.15, -0.1) is 0 Å². The van der Waals surface area contributed by atoms with E-state index >= 15 is 0 Å². The second kappa shape index (κ2) is 7.19. The van der Waals surface area contributed by atoms with Crippen LogP contribution in [0.25, 0.3) is 0 Å². The van der Waals surface area contributed by atoms with Crippen LogP contribution in [0.5, 0.6) is 0 Å². The quantitative estimate of drug-likeness (QED) is 0.388. The van der Waals surface area contributed by atoms with E-state index in [9.17, 15) is 14.9 Å². The molecule has 1 aliphatic rings. The normalized spacial score (nSPS) is 15.0. The number of hydrogen-bond acceptors (Lipinski definition) is 6. The number of amides is 1. The molecule has 1 aromatic carbocycles. The van der Waals surface area contributed by atoms with Crippen LogP contribution in [0.3, 0.4) is 0 Å². The number of anilines is 1. The van der Waals surface area contributed by atoms with Gasteiger partial charge in [-0.3, -0.25) is 14.9 Å². The minimum absolute atomic E-state index is 0.0617. The van der Waals surface area contributed by atoms with Crippen molar-refractivity contribution in [3.63, 3.8) is 0 Å². The topological polar surface area (TPSA) is 108 Å². The third kappa shape index (κ3) is 4.04. The molecule has 2 rings (SSSR count). The third-order valence-electron chi connectivity index (χ3n) is 3.04. The van der Waals surface area contributed by atoms with E-state index in [1.54, 1.807) is 0 Å². The van der Waals surface area contributed by atoms with E-state index in [0.717, 1.165) is 0 Å². The van der Waals surface area contributed by atoms with Crippen molar-refractivity contribution in [1.82, 2.24) is 4.90 Å². The number of nitriles is 1. The molecule has 8 heteroatoms. The van der Waals surface area contributed by atoms with Crippen LogP contribution in [0.4, 0.5) is 11.4 Å². The minimum Gasteiger partial charge on any atom is -0.378 e. The molecular formula is C14H14N4O4. The molecule has 0 aromatic heterocycles. The highest BCUT2D eigenvalue weighted by molar-refractivity contribution is 6.06. The van der Waals surface area contributed by atoms with Crippen LogP contribution < -0.4 is 5.32 Å². The van der Waals surface area contributed by atoms with Gasteiger partial charge in [0.2, 0.25) is 0 Å². The monoisotopic (exact) mass is 302 g/mol. The van der Waals surface area contributed by atoms with Gasteiger partial charge in [-0.1, -0.05) is 6.07 Å². The maximum Gasteiger partial charge on any atom is 0.271 e. The second-order valence-corrected chi connectivity index (χ2v) is 4.56. The van der Waals surface area contributed by atoms with E-state index < -0.39 is 10.8 Å². The Morgan fingerprint density at radius 2 is 2.18 bits per heavy atom. The number of carbonyl (C=O) groups is 1. The van der Waals surface area contributed by atoms with Gasteiger partial charge in [-0.25, -0.2) is 0 Å². The molecule has 0 atom stereocenters. The van der Waals surface area contributed by atoms with Crippen LogP contribution in [-0.2, 0) is 9.53 Å². The van der Waals surface area contributed by atoms with E-state index in [-0.39, 0.29) is 16.9 Å². The number of benzene rings is 1. The van der Waals surface area contributed by atoms with Gasteiger partial charge in [-0.05, 0) is 6.07 Å². The molecule has 0 saturated carbocycles. The van der Waals surface area contributed by atoms with Gasteiger partial charge in [0.25, 0.3) is 11.6 Å². The Morgan fingerprint density at radius 1 is 1.45 bits per heavy atom. The lowest BCUT2D eigenvalue weighted by Gasteiger charge is -2.25. The number of hydrogen-bond donors (Lipinski definition) is 1. The van der Waals surface area contributed by atoms with E-state index in [1.807, 2.05) is 11.0 Å². The largest absolute Gasteiger partial charge is 0.378 e. The summed E-state index contributed by atoms with van der Waals surface area (Å²) < 4.78 is 5.19. The molecule has 8 nitrogen and oxygen atoms in total. The number of nitrogens with one attached hydrogen (secondary N) is 1. The molecule has 1 fully saturated rings. The fraction of sp³-hybridized carbons (Fsp3) is 0.286. The predicted molar refractivity (Wildman–Crippen MR) is 77.8 cm³/mol. The van der Waals surface area contributed by atoms with Crippen molar-refractivity contribution in [2.75, 3.05) is 31.6 Å². The number of non-ortho nitro benzene ring substituents is 1. The number of nitro benzene ring substituents is 1. The first-order valence-corrected chi connectivity index (χ1v) is 6.59. The van der Waals surface area contributed by atoms with E-state index in [1.165, 1.54) is 30.5 Å². The van der Waals surface area contributed by atoms with Crippen LogP contribution >= 0.6 is 0 Å². The van der Waals surface area contributed by atoms with Crippen LogP contribution in [0.15, 0.2) is 36.0 Å². The molecule has 0 unspecified atom stereocenters. The zero-order valence-electron chi connectivity index (χ0n) is 11.7. The first-order chi connectivity index (χ1) is 10.6. The summed E-state index contributed by atoms with van der Waals surface area (Å²) in [4.78, 5) is 24.0. The van der Waals surface area contributed by atoms with Gasteiger partial charge in [0.05, 0.1) is 18.1 Å². The summed E-state index contributed by atoms with van der Waals surface area (Å²) in [5.74, 6) is -0.602. The van der Waals surface area contributed by atoms with Crippen LogP contribution in [0.2, 0.25) is 0 Å². The van der Waals surface area contributed by atoms with Crippen molar-refractivity contribution in [1.29, 1.82) is 5.26 Å². The highest BCUT2D eigenvalue weighted by Gasteiger charge is 2.14. The lowest BCUT2D eigenvalue weighted by Crippen LogP contribution is -2.33. The summed E-state index contributed by atoms with van der Waals surface area (Å²) in [5, 5.41) is 22.3. The third-order valence-corrected chi connectivity index (χ3v) is 3.04. The van der Waals surface area contributed by atoms with Crippen LogP contribution in [0.1, 0.15) is 0 Å². The van der Waals surface area contributed by atoms with E-state index in [2.05, 4.69) is 5.32 Å². The van der Waals surface area contributed by atoms with E-state index in [4.69, 9.17) is 10.00 Å². The van der Waals surface area contributed by atoms with Crippen molar-refractivity contribution >= 4 is 17.3 Å². The molecule has 1 aliphatic heterocycles. The highest BCUT2D eigenvalue weighted by Crippen LogP contribution is 2.17. The fourth-order valence-corrected chi connectivity index (χ4v) is 1.92. The molecule has 1 N–H and O–H groups in total. The van der Waals surface area contributed by atoms with Crippen molar-refractivity contribution in [2.24, 2.45) is 0 Å². The molecule has 0 spiro atoms. The number of carbonyl (C=O) groups excluding carboxylic acids is 1. The molecule has 0 bridgehead atoms. The molecule has 22 heavy (non-hydrogen) atoms. The predicted octanol–water partition coefficient (Wildman–Crippen LogP) is 1.27. The smallest absolute Gasteiger partial charge is 0.271 e. The van der Waals surface area contributed by atoms with Crippen molar-refractivity contribution in [2.45, 2.75) is 0 Å². The lowest BCUT2D eigenvalue weighted by molar-refractivity contribution is -0.384. The molecule has 0 aliphatic carbocycles. The fourth-order valence-electron chi connectivity index (χ4n) is 1.92. The van der Waals surface area contributed by atoms with Gasteiger partial charge < -0.3 is 15.0 Å². The SMILES string of the molecule is N#C/C(=C/N1CCOCC1)C(=O)Nc1cccc([N+](=O)[O-])c1.